The second kappa shape index (κ2) is 6.43. The Labute approximate surface area is 83.7 Å². The molecule has 1 aromatic heterocycles. The van der Waals surface area contributed by atoms with Crippen LogP contribution in [0.25, 0.3) is 12.2 Å². The van der Waals surface area contributed by atoms with Crippen molar-refractivity contribution in [2.45, 2.75) is 20.8 Å². The molecule has 0 atom stereocenters. The van der Waals surface area contributed by atoms with E-state index in [2.05, 4.69) is 16.5 Å². The first-order valence-electron chi connectivity index (χ1n) is 4.35. The summed E-state index contributed by atoms with van der Waals surface area (Å²) in [6, 6.07) is 0. The Hall–Kier alpha value is -1.09. The summed E-state index contributed by atoms with van der Waals surface area (Å²) in [5, 5.41) is 1.99. The van der Waals surface area contributed by atoms with Crippen LogP contribution in [0.1, 0.15) is 20.8 Å². The molecule has 0 saturated heterocycles. The van der Waals surface area contributed by atoms with E-state index in [0.29, 0.717) is 4.77 Å². The van der Waals surface area contributed by atoms with Gasteiger partial charge in [-0.25, -0.2) is 0 Å². The number of H-pyrrole nitrogens is 2. The molecule has 3 heteroatoms. The van der Waals surface area contributed by atoms with E-state index in [0.717, 1.165) is 10.7 Å². The van der Waals surface area contributed by atoms with Crippen LogP contribution in [0.2, 0.25) is 0 Å². The Kier molecular flexibility index (Phi) is 5.89. The van der Waals surface area contributed by atoms with Crippen LogP contribution < -0.4 is 10.7 Å². The molecule has 0 aromatic carbocycles. The molecule has 72 valence electrons. The van der Waals surface area contributed by atoms with Crippen LogP contribution in [-0.2, 0) is 0 Å². The molecule has 0 amide bonds. The molecule has 2 N–H and O–H groups in total. The van der Waals surface area contributed by atoms with E-state index in [4.69, 9.17) is 12.2 Å². The highest BCUT2D eigenvalue weighted by molar-refractivity contribution is 7.71. The number of hydrogen-bond acceptors (Lipinski definition) is 1. The van der Waals surface area contributed by atoms with Crippen molar-refractivity contribution in [3.63, 3.8) is 0 Å². The van der Waals surface area contributed by atoms with Crippen molar-refractivity contribution in [2.75, 3.05) is 0 Å². The number of aromatic amines is 2. The van der Waals surface area contributed by atoms with Crippen molar-refractivity contribution in [2.24, 2.45) is 0 Å². The molecule has 0 saturated carbocycles. The summed E-state index contributed by atoms with van der Waals surface area (Å²) in [7, 11) is 0. The van der Waals surface area contributed by atoms with E-state index in [1.807, 2.05) is 32.9 Å². The quantitative estimate of drug-likeness (QED) is 0.660. The van der Waals surface area contributed by atoms with E-state index in [-0.39, 0.29) is 0 Å². The molecule has 1 aromatic rings. The Balaban J connectivity index is 0.000000671. The summed E-state index contributed by atoms with van der Waals surface area (Å²) in [4.78, 5) is 6.00. The van der Waals surface area contributed by atoms with Gasteiger partial charge in [0, 0.05) is 0 Å². The highest BCUT2D eigenvalue weighted by atomic mass is 32.1. The average molecular weight is 196 g/mol. The summed E-state index contributed by atoms with van der Waals surface area (Å²) in [5.41, 5.74) is 0. The lowest BCUT2D eigenvalue weighted by atomic mass is 10.4. The lowest BCUT2D eigenvalue weighted by molar-refractivity contribution is 1.24. The predicted molar refractivity (Wildman–Crippen MR) is 61.4 cm³/mol. The fraction of sp³-hybridized carbons (Fsp3) is 0.300. The Morgan fingerprint density at radius 3 is 2.23 bits per heavy atom. The van der Waals surface area contributed by atoms with Gasteiger partial charge in [-0.15, -0.1) is 0 Å². The predicted octanol–water partition coefficient (Wildman–Crippen LogP) is 1.87. The number of imidazole rings is 1. The summed E-state index contributed by atoms with van der Waals surface area (Å²) >= 11 is 4.92. The molecule has 0 radical (unpaired) electrons. The molecule has 0 fully saturated rings. The number of nitrogens with one attached hydrogen (secondary N) is 2. The smallest absolute Gasteiger partial charge is 0.175 e. The third kappa shape index (κ3) is 3.42. The highest BCUT2D eigenvalue weighted by Gasteiger charge is 1.83. The van der Waals surface area contributed by atoms with Crippen molar-refractivity contribution < 1.29 is 0 Å². The minimum atomic E-state index is 0.645. The van der Waals surface area contributed by atoms with Crippen LogP contribution in [0.15, 0.2) is 12.7 Å². The maximum Gasteiger partial charge on any atom is 0.175 e. The van der Waals surface area contributed by atoms with Gasteiger partial charge in [0.15, 0.2) is 4.77 Å². The third-order valence-electron chi connectivity index (χ3n) is 1.36. The van der Waals surface area contributed by atoms with Gasteiger partial charge in [0.1, 0.15) is 0 Å². The maximum absolute atomic E-state index is 4.92. The second-order valence-electron chi connectivity index (χ2n) is 2.10. The number of hydrogen-bond donors (Lipinski definition) is 2. The zero-order chi connectivity index (χ0) is 10.3. The van der Waals surface area contributed by atoms with Gasteiger partial charge in [0.2, 0.25) is 0 Å². The fourth-order valence-corrected chi connectivity index (χ4v) is 1.11. The SMILES string of the molecule is C=C/C=c1/[nH]c(=S)[nH]/c1=C/C.CC. The summed E-state index contributed by atoms with van der Waals surface area (Å²) in [6.07, 6.45) is 5.56. The van der Waals surface area contributed by atoms with Crippen LogP contribution in [-0.4, -0.2) is 9.97 Å². The van der Waals surface area contributed by atoms with Gasteiger partial charge in [0.05, 0.1) is 10.7 Å². The summed E-state index contributed by atoms with van der Waals surface area (Å²) < 4.78 is 0.645. The van der Waals surface area contributed by atoms with Crippen LogP contribution in [0, 0.1) is 4.77 Å². The lowest BCUT2D eigenvalue weighted by Crippen LogP contribution is -2.23. The largest absolute Gasteiger partial charge is 0.331 e. The first kappa shape index (κ1) is 11.9. The molecule has 1 heterocycles. The zero-order valence-electron chi connectivity index (χ0n) is 8.35. The van der Waals surface area contributed by atoms with Crippen molar-refractivity contribution in [1.82, 2.24) is 9.97 Å². The lowest BCUT2D eigenvalue weighted by Gasteiger charge is -1.73. The topological polar surface area (TPSA) is 31.6 Å². The number of aromatic nitrogens is 2. The van der Waals surface area contributed by atoms with Crippen molar-refractivity contribution in [3.8, 4) is 0 Å². The van der Waals surface area contributed by atoms with Crippen LogP contribution in [0.5, 0.6) is 0 Å². The standard InChI is InChI=1S/C8H10N2S.C2H6/c1-3-5-7-6(4-2)9-8(11)10-7;1-2/h3-5H,1H2,2H3,(H2,9,10,11);1-2H3/b6-4+,7-5+;. The Morgan fingerprint density at radius 2 is 1.77 bits per heavy atom. The molecule has 2 nitrogen and oxygen atoms in total. The van der Waals surface area contributed by atoms with Crippen LogP contribution in [0.4, 0.5) is 0 Å². The maximum atomic E-state index is 4.92. The number of rotatable bonds is 1. The highest BCUT2D eigenvalue weighted by Crippen LogP contribution is 1.67. The second-order valence-corrected chi connectivity index (χ2v) is 2.51. The molecule has 0 aliphatic heterocycles. The molecule has 1 rings (SSSR count). The van der Waals surface area contributed by atoms with Crippen molar-refractivity contribution in [3.05, 3.63) is 28.1 Å². The zero-order valence-corrected chi connectivity index (χ0v) is 9.16. The van der Waals surface area contributed by atoms with E-state index < -0.39 is 0 Å². The third-order valence-corrected chi connectivity index (χ3v) is 1.56. The monoisotopic (exact) mass is 196 g/mol. The van der Waals surface area contributed by atoms with Crippen LogP contribution in [0.3, 0.4) is 0 Å². The van der Waals surface area contributed by atoms with Gasteiger partial charge < -0.3 is 9.97 Å². The minimum Gasteiger partial charge on any atom is -0.331 e. The molecule has 0 bridgehead atoms. The summed E-state index contributed by atoms with van der Waals surface area (Å²) in [5.74, 6) is 0. The van der Waals surface area contributed by atoms with Crippen molar-refractivity contribution >= 4 is 24.4 Å². The van der Waals surface area contributed by atoms with E-state index in [9.17, 15) is 0 Å². The average Bonchev–Trinajstić information content (AvgIpc) is 2.50. The first-order valence-corrected chi connectivity index (χ1v) is 4.76. The van der Waals surface area contributed by atoms with Gasteiger partial charge in [0.25, 0.3) is 0 Å². The molecule has 0 aliphatic rings. The van der Waals surface area contributed by atoms with Gasteiger partial charge in [-0.2, -0.15) is 0 Å². The van der Waals surface area contributed by atoms with Crippen molar-refractivity contribution in [1.29, 1.82) is 0 Å². The van der Waals surface area contributed by atoms with Gasteiger partial charge in [-0.1, -0.05) is 32.6 Å². The Morgan fingerprint density at radius 1 is 1.23 bits per heavy atom. The normalized spacial score (nSPS) is 12.2. The van der Waals surface area contributed by atoms with Gasteiger partial charge in [-0.3, -0.25) is 0 Å². The molecule has 0 spiro atoms. The summed E-state index contributed by atoms with van der Waals surface area (Å²) in [6.45, 7) is 9.56. The molecule has 13 heavy (non-hydrogen) atoms. The Bertz CT molecular complexity index is 409. The number of allylic oxidation sites excluding steroid dienone is 1. The molecular formula is C10H16N2S. The minimum absolute atomic E-state index is 0.645. The van der Waals surface area contributed by atoms with Gasteiger partial charge >= 0.3 is 0 Å². The van der Waals surface area contributed by atoms with Gasteiger partial charge in [-0.05, 0) is 25.2 Å². The van der Waals surface area contributed by atoms with E-state index in [1.54, 1.807) is 6.08 Å². The fourth-order valence-electron chi connectivity index (χ4n) is 0.888. The van der Waals surface area contributed by atoms with E-state index in [1.165, 1.54) is 0 Å². The molecule has 0 aliphatic carbocycles. The molecular weight excluding hydrogens is 180 g/mol. The van der Waals surface area contributed by atoms with Crippen LogP contribution >= 0.6 is 12.2 Å². The first-order chi connectivity index (χ1) is 6.27. The molecule has 0 unspecified atom stereocenters. The van der Waals surface area contributed by atoms with E-state index >= 15 is 0 Å².